The first-order chi connectivity index (χ1) is 12.5. The van der Waals surface area contributed by atoms with Crippen LogP contribution in [0.5, 0.6) is 11.5 Å². The molecule has 0 aliphatic heterocycles. The summed E-state index contributed by atoms with van der Waals surface area (Å²) in [6, 6.07) is 10.5. The number of likely N-dealkylation sites (N-methyl/N-ethyl adjacent to an activating group) is 1. The molecule has 0 amide bonds. The first kappa shape index (κ1) is 20.7. The van der Waals surface area contributed by atoms with Gasteiger partial charge in [-0.15, -0.1) is 0 Å². The highest BCUT2D eigenvalue weighted by Crippen LogP contribution is 2.34. The predicted octanol–water partition coefficient (Wildman–Crippen LogP) is 4.22. The summed E-state index contributed by atoms with van der Waals surface area (Å²) in [5, 5.41) is 3.41. The number of hydrogen-bond acceptors (Lipinski definition) is 4. The molecule has 2 aromatic carbocycles. The molecule has 0 aliphatic carbocycles. The highest BCUT2D eigenvalue weighted by Gasteiger charge is 2.12. The van der Waals surface area contributed by atoms with E-state index in [2.05, 4.69) is 26.1 Å². The summed E-state index contributed by atoms with van der Waals surface area (Å²) in [5.41, 5.74) is 1.60. The maximum Gasteiger partial charge on any atom is 0.162 e. The third-order valence-electron chi connectivity index (χ3n) is 3.80. The predicted molar refractivity (Wildman–Crippen MR) is 106 cm³/mol. The molecule has 0 spiro atoms. The molecule has 4 nitrogen and oxygen atoms in total. The van der Waals surface area contributed by atoms with Gasteiger partial charge in [0, 0.05) is 29.7 Å². The molecule has 0 unspecified atom stereocenters. The number of rotatable bonds is 10. The van der Waals surface area contributed by atoms with Gasteiger partial charge in [-0.1, -0.05) is 34.1 Å². The monoisotopic (exact) mass is 424 g/mol. The molecule has 0 saturated heterocycles. The maximum absolute atomic E-state index is 13.8. The molecule has 0 aliphatic rings. The van der Waals surface area contributed by atoms with Gasteiger partial charge in [0.1, 0.15) is 12.4 Å². The molecule has 0 saturated carbocycles. The van der Waals surface area contributed by atoms with Crippen LogP contribution >= 0.6 is 15.9 Å². The van der Waals surface area contributed by atoms with E-state index in [0.717, 1.165) is 29.7 Å². The molecule has 0 radical (unpaired) electrons. The summed E-state index contributed by atoms with van der Waals surface area (Å²) >= 11 is 3.59. The summed E-state index contributed by atoms with van der Waals surface area (Å²) in [6.45, 7) is 5.21. The number of nitrogens with zero attached hydrogens (tertiary/aromatic N) is 1. The Hall–Kier alpha value is -1.63. The van der Waals surface area contributed by atoms with Crippen LogP contribution in [0, 0.1) is 5.82 Å². The van der Waals surface area contributed by atoms with Gasteiger partial charge in [0.2, 0.25) is 0 Å². The topological polar surface area (TPSA) is 33.7 Å². The third kappa shape index (κ3) is 6.27. The third-order valence-corrected chi connectivity index (χ3v) is 4.54. The van der Waals surface area contributed by atoms with E-state index in [4.69, 9.17) is 9.47 Å². The molecule has 26 heavy (non-hydrogen) atoms. The second kappa shape index (κ2) is 10.5. The lowest BCUT2D eigenvalue weighted by atomic mass is 10.2. The van der Waals surface area contributed by atoms with Crippen LogP contribution in [0.4, 0.5) is 4.39 Å². The van der Waals surface area contributed by atoms with E-state index in [-0.39, 0.29) is 12.4 Å². The summed E-state index contributed by atoms with van der Waals surface area (Å²) in [5.74, 6) is 0.988. The maximum atomic E-state index is 13.8. The largest absolute Gasteiger partial charge is 0.490 e. The fraction of sp³-hybridized carbons (Fsp3) is 0.400. The minimum Gasteiger partial charge on any atom is -0.490 e. The molecule has 0 heterocycles. The van der Waals surface area contributed by atoms with Crippen LogP contribution in [-0.4, -0.2) is 38.7 Å². The number of hydrogen-bond donors (Lipinski definition) is 1. The second-order valence-electron chi connectivity index (χ2n) is 6.18. The van der Waals surface area contributed by atoms with E-state index in [1.807, 2.05) is 33.2 Å². The van der Waals surface area contributed by atoms with E-state index in [1.54, 1.807) is 18.2 Å². The van der Waals surface area contributed by atoms with Crippen molar-refractivity contribution in [3.05, 3.63) is 57.8 Å². The molecule has 0 atom stereocenters. The molecule has 0 fully saturated rings. The molecule has 1 N–H and O–H groups in total. The zero-order chi connectivity index (χ0) is 18.9. The quantitative estimate of drug-likeness (QED) is 0.578. The standard InChI is InChI=1S/C20H26BrFN2O2/c1-4-25-19-11-16(13-23-9-10-24(2)3)17(21)12-20(19)26-14-15-7-5-6-8-18(15)22/h5-8,11-12,23H,4,9-10,13-14H2,1-3H3. The van der Waals surface area contributed by atoms with E-state index >= 15 is 0 Å². The Balaban J connectivity index is 2.08. The van der Waals surface area contributed by atoms with Crippen LogP contribution in [0.15, 0.2) is 40.9 Å². The van der Waals surface area contributed by atoms with Crippen molar-refractivity contribution in [1.29, 1.82) is 0 Å². The molecular weight excluding hydrogens is 399 g/mol. The van der Waals surface area contributed by atoms with Crippen LogP contribution in [0.3, 0.4) is 0 Å². The van der Waals surface area contributed by atoms with E-state index in [1.165, 1.54) is 6.07 Å². The first-order valence-electron chi connectivity index (χ1n) is 8.68. The van der Waals surface area contributed by atoms with Crippen LogP contribution in [-0.2, 0) is 13.2 Å². The van der Waals surface area contributed by atoms with Crippen molar-refractivity contribution in [3.8, 4) is 11.5 Å². The SMILES string of the molecule is CCOc1cc(CNCCN(C)C)c(Br)cc1OCc1ccccc1F. The van der Waals surface area contributed by atoms with Crippen molar-refractivity contribution < 1.29 is 13.9 Å². The van der Waals surface area contributed by atoms with Crippen molar-refractivity contribution in [2.24, 2.45) is 0 Å². The summed E-state index contributed by atoms with van der Waals surface area (Å²) in [6.07, 6.45) is 0. The van der Waals surface area contributed by atoms with Crippen molar-refractivity contribution >= 4 is 15.9 Å². The van der Waals surface area contributed by atoms with Gasteiger partial charge in [0.05, 0.1) is 6.61 Å². The molecule has 6 heteroatoms. The highest BCUT2D eigenvalue weighted by atomic mass is 79.9. The average molecular weight is 425 g/mol. The van der Waals surface area contributed by atoms with E-state index in [0.29, 0.717) is 23.7 Å². The molecule has 0 aromatic heterocycles. The minimum absolute atomic E-state index is 0.152. The number of ether oxygens (including phenoxy) is 2. The van der Waals surface area contributed by atoms with Gasteiger partial charge in [0.25, 0.3) is 0 Å². The normalized spacial score (nSPS) is 11.0. The smallest absolute Gasteiger partial charge is 0.162 e. The Morgan fingerprint density at radius 2 is 1.81 bits per heavy atom. The zero-order valence-electron chi connectivity index (χ0n) is 15.5. The van der Waals surface area contributed by atoms with Crippen molar-refractivity contribution in [2.45, 2.75) is 20.1 Å². The van der Waals surface area contributed by atoms with Gasteiger partial charge in [0.15, 0.2) is 11.5 Å². The number of halogens is 2. The Bertz CT molecular complexity index is 710. The zero-order valence-corrected chi connectivity index (χ0v) is 17.1. The Labute approximate surface area is 163 Å². The van der Waals surface area contributed by atoms with Gasteiger partial charge in [-0.3, -0.25) is 0 Å². The average Bonchev–Trinajstić information content (AvgIpc) is 2.60. The Kier molecular flexibility index (Phi) is 8.35. The van der Waals surface area contributed by atoms with Crippen LogP contribution in [0.25, 0.3) is 0 Å². The van der Waals surface area contributed by atoms with Gasteiger partial charge < -0.3 is 19.7 Å². The highest BCUT2D eigenvalue weighted by molar-refractivity contribution is 9.10. The molecule has 0 bridgehead atoms. The summed E-state index contributed by atoms with van der Waals surface area (Å²) < 4.78 is 26.3. The van der Waals surface area contributed by atoms with Gasteiger partial charge in [-0.25, -0.2) is 4.39 Å². The van der Waals surface area contributed by atoms with E-state index < -0.39 is 0 Å². The number of nitrogens with one attached hydrogen (secondary N) is 1. The van der Waals surface area contributed by atoms with Crippen LogP contribution in [0.1, 0.15) is 18.1 Å². The van der Waals surface area contributed by atoms with Crippen molar-refractivity contribution in [1.82, 2.24) is 10.2 Å². The van der Waals surface area contributed by atoms with E-state index in [9.17, 15) is 4.39 Å². The molecule has 2 rings (SSSR count). The van der Waals surface area contributed by atoms with Crippen molar-refractivity contribution in [2.75, 3.05) is 33.8 Å². The van der Waals surface area contributed by atoms with Crippen molar-refractivity contribution in [3.63, 3.8) is 0 Å². The first-order valence-corrected chi connectivity index (χ1v) is 9.47. The van der Waals surface area contributed by atoms with Gasteiger partial charge >= 0.3 is 0 Å². The second-order valence-corrected chi connectivity index (χ2v) is 7.04. The molecule has 142 valence electrons. The Morgan fingerprint density at radius 3 is 2.50 bits per heavy atom. The lowest BCUT2D eigenvalue weighted by Crippen LogP contribution is -2.26. The van der Waals surface area contributed by atoms with Crippen LogP contribution < -0.4 is 14.8 Å². The lowest BCUT2D eigenvalue weighted by Gasteiger charge is -2.16. The summed E-state index contributed by atoms with van der Waals surface area (Å²) in [7, 11) is 4.10. The van der Waals surface area contributed by atoms with Gasteiger partial charge in [-0.05, 0) is 44.8 Å². The fourth-order valence-corrected chi connectivity index (χ4v) is 2.85. The van der Waals surface area contributed by atoms with Crippen LogP contribution in [0.2, 0.25) is 0 Å². The molecular formula is C20H26BrFN2O2. The minimum atomic E-state index is -0.272. The lowest BCUT2D eigenvalue weighted by molar-refractivity contribution is 0.265. The fourth-order valence-electron chi connectivity index (χ4n) is 2.39. The number of benzene rings is 2. The Morgan fingerprint density at radius 1 is 1.08 bits per heavy atom. The van der Waals surface area contributed by atoms with Gasteiger partial charge in [-0.2, -0.15) is 0 Å². The summed E-state index contributed by atoms with van der Waals surface area (Å²) in [4.78, 5) is 2.13. The molecule has 2 aromatic rings.